The van der Waals surface area contributed by atoms with Crippen LogP contribution >= 0.6 is 0 Å². The van der Waals surface area contributed by atoms with Crippen LogP contribution in [0.25, 0.3) is 0 Å². The van der Waals surface area contributed by atoms with E-state index in [4.69, 9.17) is 4.74 Å². The fourth-order valence-corrected chi connectivity index (χ4v) is 1.82. The Morgan fingerprint density at radius 1 is 1.44 bits per heavy atom. The summed E-state index contributed by atoms with van der Waals surface area (Å²) in [6.45, 7) is 5.58. The van der Waals surface area contributed by atoms with Crippen molar-refractivity contribution in [2.45, 2.75) is 45.8 Å². The minimum absolute atomic E-state index is 0.138. The highest BCUT2D eigenvalue weighted by Gasteiger charge is 2.11. The predicted octanol–water partition coefficient (Wildman–Crippen LogP) is 1.98. The average Bonchev–Trinajstić information content (AvgIpc) is 2.27. The minimum atomic E-state index is 0.138. The molecule has 0 saturated heterocycles. The van der Waals surface area contributed by atoms with Crippen LogP contribution in [0.2, 0.25) is 0 Å². The van der Waals surface area contributed by atoms with E-state index in [1.54, 1.807) is 13.1 Å². The minimum Gasteiger partial charge on any atom is -0.489 e. The molecule has 0 aromatic carbocycles. The van der Waals surface area contributed by atoms with Gasteiger partial charge in [0.25, 0.3) is 0 Å². The molecule has 1 aromatic rings. The number of Topliss-reactive ketones (excluding diaryl/α,β-unsaturated/α-hetero) is 1. The first kappa shape index (κ1) is 14.6. The molecule has 0 unspecified atom stereocenters. The predicted molar refractivity (Wildman–Crippen MR) is 71.9 cm³/mol. The molecule has 1 N–H and O–H groups in total. The van der Waals surface area contributed by atoms with E-state index in [0.29, 0.717) is 6.42 Å². The molecule has 0 bridgehead atoms. The van der Waals surface area contributed by atoms with Crippen LogP contribution in [0.15, 0.2) is 18.5 Å². The summed E-state index contributed by atoms with van der Waals surface area (Å²) >= 11 is 0. The monoisotopic (exact) mass is 250 g/mol. The van der Waals surface area contributed by atoms with E-state index in [1.807, 2.05) is 33.2 Å². The molecule has 1 aromatic heterocycles. The normalized spacial score (nSPS) is 12.5. The Hall–Kier alpha value is -1.42. The Kier molecular flexibility index (Phi) is 5.78. The van der Waals surface area contributed by atoms with Crippen molar-refractivity contribution in [3.63, 3.8) is 0 Å². The first-order valence-corrected chi connectivity index (χ1v) is 6.28. The van der Waals surface area contributed by atoms with Crippen molar-refractivity contribution in [2.75, 3.05) is 7.05 Å². The van der Waals surface area contributed by atoms with Crippen LogP contribution < -0.4 is 10.1 Å². The number of aromatic nitrogens is 1. The lowest BCUT2D eigenvalue weighted by Gasteiger charge is -2.15. The number of nitrogens with one attached hydrogen (secondary N) is 1. The fraction of sp³-hybridized carbons (Fsp3) is 0.571. The molecule has 0 fully saturated rings. The summed E-state index contributed by atoms with van der Waals surface area (Å²) in [6, 6.07) is 2.14. The summed E-state index contributed by atoms with van der Waals surface area (Å²) in [5.41, 5.74) is 1.08. The number of carbonyl (C=O) groups is 1. The van der Waals surface area contributed by atoms with E-state index in [1.165, 1.54) is 0 Å². The van der Waals surface area contributed by atoms with Gasteiger partial charge in [0, 0.05) is 18.7 Å². The second kappa shape index (κ2) is 7.11. The Labute approximate surface area is 109 Å². The van der Waals surface area contributed by atoms with Gasteiger partial charge in [0.2, 0.25) is 0 Å². The number of ketones is 1. The maximum atomic E-state index is 11.1. The van der Waals surface area contributed by atoms with Gasteiger partial charge in [-0.25, -0.2) is 0 Å². The standard InChI is InChI=1S/C14H22N2O2/c1-10(2)18-14-7-12(8-16-9-14)6-13(15-4)5-11(3)17/h7-10,13,15H,5-6H2,1-4H3/t13-/m0/s1. The number of hydrogen-bond acceptors (Lipinski definition) is 4. The number of likely N-dealkylation sites (N-methyl/N-ethyl adjacent to an activating group) is 1. The molecular formula is C14H22N2O2. The molecular weight excluding hydrogens is 228 g/mol. The van der Waals surface area contributed by atoms with Crippen molar-refractivity contribution in [1.29, 1.82) is 0 Å². The Balaban J connectivity index is 2.67. The highest BCUT2D eigenvalue weighted by molar-refractivity contribution is 5.76. The van der Waals surface area contributed by atoms with E-state index in [9.17, 15) is 4.79 Å². The van der Waals surface area contributed by atoms with Gasteiger partial charge in [-0.05, 0) is 45.9 Å². The van der Waals surface area contributed by atoms with E-state index in [0.717, 1.165) is 17.7 Å². The second-order valence-corrected chi connectivity index (χ2v) is 4.79. The Morgan fingerprint density at radius 3 is 2.72 bits per heavy atom. The van der Waals surface area contributed by atoms with Crippen LogP contribution in [0.1, 0.15) is 32.8 Å². The molecule has 1 atom stereocenters. The van der Waals surface area contributed by atoms with Gasteiger partial charge in [-0.2, -0.15) is 0 Å². The maximum absolute atomic E-state index is 11.1. The number of ether oxygens (including phenoxy) is 1. The van der Waals surface area contributed by atoms with Gasteiger partial charge in [0.15, 0.2) is 0 Å². The maximum Gasteiger partial charge on any atom is 0.138 e. The highest BCUT2D eigenvalue weighted by atomic mass is 16.5. The van der Waals surface area contributed by atoms with Gasteiger partial charge >= 0.3 is 0 Å². The lowest BCUT2D eigenvalue weighted by atomic mass is 10.0. The molecule has 4 heteroatoms. The third-order valence-electron chi connectivity index (χ3n) is 2.57. The van der Waals surface area contributed by atoms with Gasteiger partial charge in [-0.15, -0.1) is 0 Å². The largest absolute Gasteiger partial charge is 0.489 e. The quantitative estimate of drug-likeness (QED) is 0.804. The van der Waals surface area contributed by atoms with Gasteiger partial charge < -0.3 is 10.1 Å². The zero-order valence-electron chi connectivity index (χ0n) is 11.6. The smallest absolute Gasteiger partial charge is 0.138 e. The molecule has 0 aliphatic heterocycles. The first-order chi connectivity index (χ1) is 8.51. The molecule has 18 heavy (non-hydrogen) atoms. The summed E-state index contributed by atoms with van der Waals surface area (Å²) in [7, 11) is 1.87. The second-order valence-electron chi connectivity index (χ2n) is 4.79. The van der Waals surface area contributed by atoms with Crippen molar-refractivity contribution in [3.05, 3.63) is 24.0 Å². The Morgan fingerprint density at radius 2 is 2.17 bits per heavy atom. The SMILES string of the molecule is CN[C@@H](CC(C)=O)Cc1cncc(OC(C)C)c1. The number of carbonyl (C=O) groups excluding carboxylic acids is 1. The zero-order chi connectivity index (χ0) is 13.5. The lowest BCUT2D eigenvalue weighted by Crippen LogP contribution is -2.29. The molecule has 0 aliphatic rings. The van der Waals surface area contributed by atoms with Crippen LogP contribution in [0, 0.1) is 0 Å². The molecule has 0 amide bonds. The number of rotatable bonds is 7. The number of hydrogen-bond donors (Lipinski definition) is 1. The van der Waals surface area contributed by atoms with Crippen LogP contribution in [-0.2, 0) is 11.2 Å². The van der Waals surface area contributed by atoms with Gasteiger partial charge in [-0.1, -0.05) is 0 Å². The van der Waals surface area contributed by atoms with E-state index in [2.05, 4.69) is 10.3 Å². The highest BCUT2D eigenvalue weighted by Crippen LogP contribution is 2.15. The van der Waals surface area contributed by atoms with Crippen molar-refractivity contribution in [1.82, 2.24) is 10.3 Å². The van der Waals surface area contributed by atoms with E-state index < -0.39 is 0 Å². The molecule has 0 radical (unpaired) electrons. The van der Waals surface area contributed by atoms with Crippen LogP contribution in [0.5, 0.6) is 5.75 Å². The van der Waals surface area contributed by atoms with Gasteiger partial charge in [0.1, 0.15) is 11.5 Å². The summed E-state index contributed by atoms with van der Waals surface area (Å²) in [4.78, 5) is 15.3. The Bertz CT molecular complexity index is 391. The fourth-order valence-electron chi connectivity index (χ4n) is 1.82. The third kappa shape index (κ3) is 5.27. The number of nitrogens with zero attached hydrogens (tertiary/aromatic N) is 1. The molecule has 1 heterocycles. The summed E-state index contributed by atoms with van der Waals surface area (Å²) in [5, 5.41) is 3.15. The van der Waals surface area contributed by atoms with Crippen molar-refractivity contribution in [3.8, 4) is 5.75 Å². The molecule has 100 valence electrons. The van der Waals surface area contributed by atoms with E-state index in [-0.39, 0.29) is 17.9 Å². The molecule has 4 nitrogen and oxygen atoms in total. The zero-order valence-corrected chi connectivity index (χ0v) is 11.6. The lowest BCUT2D eigenvalue weighted by molar-refractivity contribution is -0.117. The first-order valence-electron chi connectivity index (χ1n) is 6.28. The van der Waals surface area contributed by atoms with Crippen molar-refractivity contribution in [2.24, 2.45) is 0 Å². The molecule has 1 rings (SSSR count). The van der Waals surface area contributed by atoms with Crippen LogP contribution in [0.3, 0.4) is 0 Å². The van der Waals surface area contributed by atoms with Crippen LogP contribution in [0.4, 0.5) is 0 Å². The van der Waals surface area contributed by atoms with Gasteiger partial charge in [-0.3, -0.25) is 9.78 Å². The van der Waals surface area contributed by atoms with E-state index >= 15 is 0 Å². The third-order valence-corrected chi connectivity index (χ3v) is 2.57. The number of pyridine rings is 1. The summed E-state index contributed by atoms with van der Waals surface area (Å²) in [5.74, 6) is 0.970. The summed E-state index contributed by atoms with van der Waals surface area (Å²) in [6.07, 6.45) is 4.98. The topological polar surface area (TPSA) is 51.2 Å². The molecule has 0 aliphatic carbocycles. The molecule has 0 saturated carbocycles. The van der Waals surface area contributed by atoms with Crippen molar-refractivity contribution >= 4 is 5.78 Å². The molecule has 0 spiro atoms. The van der Waals surface area contributed by atoms with Gasteiger partial charge in [0.05, 0.1) is 12.3 Å². The summed E-state index contributed by atoms with van der Waals surface area (Å²) < 4.78 is 5.60. The van der Waals surface area contributed by atoms with Crippen molar-refractivity contribution < 1.29 is 9.53 Å². The average molecular weight is 250 g/mol. The van der Waals surface area contributed by atoms with Crippen LogP contribution in [-0.4, -0.2) is 30.0 Å².